The molecule has 2 atom stereocenters. The molecule has 0 saturated carbocycles. The van der Waals surface area contributed by atoms with Crippen molar-refractivity contribution in [3.63, 3.8) is 0 Å². The van der Waals surface area contributed by atoms with Crippen LogP contribution in [0, 0.1) is 10.1 Å². The molecule has 0 spiro atoms. The van der Waals surface area contributed by atoms with E-state index in [0.29, 0.717) is 0 Å². The molecular weight excluding hydrogens is 457 g/mol. The van der Waals surface area contributed by atoms with Crippen molar-refractivity contribution in [2.75, 3.05) is 0 Å². The number of halogens is 2. The van der Waals surface area contributed by atoms with Crippen molar-refractivity contribution in [2.24, 2.45) is 0 Å². The van der Waals surface area contributed by atoms with Gasteiger partial charge in [-0.25, -0.2) is 0 Å². The normalized spacial score (nSPS) is 24.2. The Morgan fingerprint density at radius 2 is 1.93 bits per heavy atom. The van der Waals surface area contributed by atoms with Crippen LogP contribution in [0.2, 0.25) is 10.0 Å². The molecule has 0 radical (unpaired) electrons. The van der Waals surface area contributed by atoms with E-state index in [0.717, 1.165) is 12.2 Å². The molecule has 0 bridgehead atoms. The van der Waals surface area contributed by atoms with E-state index >= 15 is 0 Å². The van der Waals surface area contributed by atoms with Crippen LogP contribution in [0.5, 0.6) is 0 Å². The summed E-state index contributed by atoms with van der Waals surface area (Å²) in [7, 11) is -4.78. The second-order valence-electron chi connectivity index (χ2n) is 6.86. The Bertz CT molecular complexity index is 1220. The first-order valence-corrected chi connectivity index (χ1v) is 10.6. The van der Waals surface area contributed by atoms with Crippen LogP contribution in [0.25, 0.3) is 5.57 Å². The highest BCUT2D eigenvalue weighted by Crippen LogP contribution is 2.46. The summed E-state index contributed by atoms with van der Waals surface area (Å²) >= 11 is 12.0. The standard InChI is InChI=1S/C18H15Cl2N3O6S/c1-10-15(14-5-8-21-22-14)17(2,30(27,28)29)6-7-18(10,23(25)26)16(24)12-4-3-11(19)9-13(12)20/h3-9H,1-2H3,(H,21,22)(H,27,28,29). The zero-order chi connectivity index (χ0) is 22.5. The minimum atomic E-state index is -4.78. The van der Waals surface area contributed by atoms with Gasteiger partial charge in [-0.2, -0.15) is 13.5 Å². The molecular formula is C18H15Cl2N3O6S. The van der Waals surface area contributed by atoms with Crippen molar-refractivity contribution < 1.29 is 22.7 Å². The van der Waals surface area contributed by atoms with Gasteiger partial charge in [-0.1, -0.05) is 29.3 Å². The van der Waals surface area contributed by atoms with E-state index in [4.69, 9.17) is 23.2 Å². The first kappa shape index (κ1) is 22.2. The Balaban J connectivity index is 2.37. The molecule has 2 N–H and O–H groups in total. The van der Waals surface area contributed by atoms with Gasteiger partial charge < -0.3 is 0 Å². The zero-order valence-corrected chi connectivity index (χ0v) is 17.9. The van der Waals surface area contributed by atoms with Crippen molar-refractivity contribution >= 4 is 44.7 Å². The topological polar surface area (TPSA) is 143 Å². The Morgan fingerprint density at radius 3 is 2.43 bits per heavy atom. The number of carbonyl (C=O) groups is 1. The lowest BCUT2D eigenvalue weighted by atomic mass is 9.73. The van der Waals surface area contributed by atoms with Crippen LogP contribution in [-0.4, -0.2) is 44.2 Å². The summed E-state index contributed by atoms with van der Waals surface area (Å²) < 4.78 is 32.3. The lowest BCUT2D eigenvalue weighted by Gasteiger charge is -2.35. The summed E-state index contributed by atoms with van der Waals surface area (Å²) in [6.07, 6.45) is 3.10. The van der Waals surface area contributed by atoms with Crippen molar-refractivity contribution in [1.82, 2.24) is 10.2 Å². The molecule has 0 fully saturated rings. The fourth-order valence-corrected chi connectivity index (χ4v) is 4.79. The van der Waals surface area contributed by atoms with E-state index in [1.165, 1.54) is 44.3 Å². The molecule has 1 aliphatic carbocycles. The number of aromatic amines is 1. The number of rotatable bonds is 5. The third kappa shape index (κ3) is 3.16. The van der Waals surface area contributed by atoms with Crippen LogP contribution in [0.3, 0.4) is 0 Å². The van der Waals surface area contributed by atoms with Crippen molar-refractivity contribution in [1.29, 1.82) is 0 Å². The molecule has 2 unspecified atom stereocenters. The van der Waals surface area contributed by atoms with E-state index in [9.17, 15) is 27.9 Å². The third-order valence-corrected chi connectivity index (χ3v) is 7.16. The number of hydrogen-bond donors (Lipinski definition) is 2. The molecule has 2 aromatic rings. The average Bonchev–Trinajstić information content (AvgIpc) is 3.14. The highest BCUT2D eigenvalue weighted by Gasteiger charge is 2.59. The van der Waals surface area contributed by atoms with Crippen LogP contribution in [0.4, 0.5) is 0 Å². The Kier molecular flexibility index (Phi) is 5.40. The van der Waals surface area contributed by atoms with Crippen molar-refractivity contribution in [3.8, 4) is 0 Å². The first-order valence-electron chi connectivity index (χ1n) is 8.39. The van der Waals surface area contributed by atoms with Gasteiger partial charge >= 0.3 is 5.54 Å². The lowest BCUT2D eigenvalue weighted by Crippen LogP contribution is -2.51. The summed E-state index contributed by atoms with van der Waals surface area (Å²) in [4.78, 5) is 24.8. The highest BCUT2D eigenvalue weighted by molar-refractivity contribution is 7.88. The van der Waals surface area contributed by atoms with Crippen LogP contribution < -0.4 is 0 Å². The fraction of sp³-hybridized carbons (Fsp3) is 0.222. The number of Topliss-reactive ketones (excluding diaryl/α,β-unsaturated/α-hetero) is 1. The molecule has 0 saturated heterocycles. The number of ketones is 1. The minimum Gasteiger partial charge on any atom is -0.285 e. The van der Waals surface area contributed by atoms with E-state index in [1.54, 1.807) is 0 Å². The van der Waals surface area contributed by atoms with Gasteiger partial charge in [-0.05, 0) is 38.1 Å². The Hall–Kier alpha value is -2.53. The number of nitrogens with one attached hydrogen (secondary N) is 1. The fourth-order valence-electron chi connectivity index (χ4n) is 3.54. The number of hydrogen-bond acceptors (Lipinski definition) is 6. The molecule has 158 valence electrons. The van der Waals surface area contributed by atoms with E-state index in [-0.39, 0.29) is 32.4 Å². The van der Waals surface area contributed by atoms with Crippen LogP contribution in [-0.2, 0) is 10.1 Å². The van der Waals surface area contributed by atoms with Crippen molar-refractivity contribution in [2.45, 2.75) is 24.1 Å². The summed E-state index contributed by atoms with van der Waals surface area (Å²) in [6.45, 7) is 2.43. The molecule has 30 heavy (non-hydrogen) atoms. The smallest absolute Gasteiger partial charge is 0.285 e. The summed E-state index contributed by atoms with van der Waals surface area (Å²) in [6, 6.07) is 5.27. The van der Waals surface area contributed by atoms with Crippen molar-refractivity contribution in [3.05, 3.63) is 79.6 Å². The van der Waals surface area contributed by atoms with Gasteiger partial charge in [-0.15, -0.1) is 0 Å². The largest absolute Gasteiger partial charge is 0.323 e. The SMILES string of the molecule is CC1=C(c2ccn[nH]2)C(C)(S(=O)(=O)O)C=CC1(C(=O)c1ccc(Cl)cc1Cl)[N+](=O)[O-]. The van der Waals surface area contributed by atoms with Gasteiger partial charge in [0.1, 0.15) is 4.75 Å². The number of carbonyl (C=O) groups excluding carboxylic acids is 1. The predicted molar refractivity (Wildman–Crippen MR) is 111 cm³/mol. The lowest BCUT2D eigenvalue weighted by molar-refractivity contribution is -0.524. The Morgan fingerprint density at radius 1 is 1.27 bits per heavy atom. The molecule has 12 heteroatoms. The van der Waals surface area contributed by atoms with Gasteiger partial charge in [0.25, 0.3) is 10.1 Å². The molecule has 1 aromatic heterocycles. The average molecular weight is 472 g/mol. The monoisotopic (exact) mass is 471 g/mol. The van der Waals surface area contributed by atoms with Gasteiger partial charge in [0.2, 0.25) is 5.78 Å². The number of H-pyrrole nitrogens is 1. The summed E-state index contributed by atoms with van der Waals surface area (Å²) in [5.74, 6) is -0.989. The van der Waals surface area contributed by atoms with Crippen LogP contribution in [0.15, 0.2) is 48.2 Å². The van der Waals surface area contributed by atoms with Gasteiger partial charge in [0.05, 0.1) is 10.7 Å². The second-order valence-corrected chi connectivity index (χ2v) is 9.50. The van der Waals surface area contributed by atoms with Gasteiger partial charge in [0, 0.05) is 38.9 Å². The molecule has 1 aromatic carbocycles. The molecule has 1 heterocycles. The predicted octanol–water partition coefficient (Wildman–Crippen LogP) is 3.60. The zero-order valence-electron chi connectivity index (χ0n) is 15.6. The van der Waals surface area contributed by atoms with Crippen LogP contribution >= 0.6 is 23.2 Å². The van der Waals surface area contributed by atoms with E-state index in [1.807, 2.05) is 0 Å². The third-order valence-electron chi connectivity index (χ3n) is 5.20. The second kappa shape index (κ2) is 7.31. The first-order chi connectivity index (χ1) is 13.9. The molecule has 0 aliphatic heterocycles. The van der Waals surface area contributed by atoms with E-state index in [2.05, 4.69) is 10.2 Å². The summed E-state index contributed by atoms with van der Waals surface area (Å²) in [5, 5.41) is 18.7. The van der Waals surface area contributed by atoms with Gasteiger partial charge in [0.15, 0.2) is 0 Å². The molecule has 3 rings (SSSR count). The number of benzene rings is 1. The van der Waals surface area contributed by atoms with Crippen LogP contribution in [0.1, 0.15) is 29.9 Å². The Labute approximate surface area is 181 Å². The minimum absolute atomic E-state index is 0.0956. The summed E-state index contributed by atoms with van der Waals surface area (Å²) in [5.41, 5.74) is -2.92. The maximum absolute atomic E-state index is 13.4. The highest BCUT2D eigenvalue weighted by atomic mass is 35.5. The molecule has 0 amide bonds. The quantitative estimate of drug-likeness (QED) is 0.222. The number of nitrogens with zero attached hydrogens (tertiary/aromatic N) is 2. The number of nitro groups is 1. The maximum atomic E-state index is 13.4. The van der Waals surface area contributed by atoms with E-state index < -0.39 is 31.1 Å². The number of aromatic nitrogens is 2. The molecule has 1 aliphatic rings. The maximum Gasteiger partial charge on any atom is 0.323 e. The van der Waals surface area contributed by atoms with Gasteiger partial charge in [-0.3, -0.25) is 24.6 Å². The molecule has 9 nitrogen and oxygen atoms in total.